The number of hydrogen-bond acceptors (Lipinski definition) is 3. The molecule has 112 valence electrons. The Morgan fingerprint density at radius 2 is 2.40 bits per heavy atom. The third-order valence-corrected chi connectivity index (χ3v) is 4.18. The van der Waals surface area contributed by atoms with Gasteiger partial charge in [0.05, 0.1) is 11.6 Å². The lowest BCUT2D eigenvalue weighted by Gasteiger charge is -2.39. The molecule has 0 aromatic carbocycles. The van der Waals surface area contributed by atoms with Gasteiger partial charge in [-0.1, -0.05) is 13.3 Å². The molecule has 0 spiro atoms. The average molecular weight is 278 g/mol. The van der Waals surface area contributed by atoms with Gasteiger partial charge in [0.2, 0.25) is 5.91 Å². The fourth-order valence-electron chi connectivity index (χ4n) is 3.25. The van der Waals surface area contributed by atoms with E-state index in [2.05, 4.69) is 17.3 Å². The third kappa shape index (κ3) is 3.20. The van der Waals surface area contributed by atoms with Gasteiger partial charge in [0.15, 0.2) is 0 Å². The number of aromatic nitrogens is 2. The average Bonchev–Trinajstić information content (AvgIpc) is 2.84. The Balaban J connectivity index is 2.06. The molecule has 1 amide bonds. The highest BCUT2D eigenvalue weighted by Gasteiger charge is 2.40. The van der Waals surface area contributed by atoms with Crippen LogP contribution in [0.3, 0.4) is 0 Å². The summed E-state index contributed by atoms with van der Waals surface area (Å²) in [7, 11) is 3.80. The Morgan fingerprint density at radius 1 is 1.60 bits per heavy atom. The minimum absolute atomic E-state index is 0.204. The Kier molecular flexibility index (Phi) is 4.81. The SMILES string of the molecule is CCCC1(C(=O)N(C)Cc2cnn(C)c2)CCCNC1. The molecule has 0 aliphatic carbocycles. The summed E-state index contributed by atoms with van der Waals surface area (Å²) in [6.45, 7) is 4.64. The molecule has 1 N–H and O–H groups in total. The van der Waals surface area contributed by atoms with Crippen LogP contribution in [0.5, 0.6) is 0 Å². The molecular weight excluding hydrogens is 252 g/mol. The molecule has 1 aromatic heterocycles. The van der Waals surface area contributed by atoms with Crippen LogP contribution in [0.2, 0.25) is 0 Å². The number of rotatable bonds is 5. The van der Waals surface area contributed by atoms with Crippen LogP contribution in [0.4, 0.5) is 0 Å². The van der Waals surface area contributed by atoms with E-state index in [1.165, 1.54) is 0 Å². The fraction of sp³-hybridized carbons (Fsp3) is 0.733. The number of hydrogen-bond donors (Lipinski definition) is 1. The minimum atomic E-state index is -0.204. The van der Waals surface area contributed by atoms with Crippen molar-refractivity contribution in [3.63, 3.8) is 0 Å². The van der Waals surface area contributed by atoms with E-state index < -0.39 is 0 Å². The molecule has 1 aliphatic heterocycles. The molecule has 1 unspecified atom stereocenters. The number of carbonyl (C=O) groups excluding carboxylic acids is 1. The first-order valence-corrected chi connectivity index (χ1v) is 7.51. The van der Waals surface area contributed by atoms with E-state index in [4.69, 9.17) is 0 Å². The maximum absolute atomic E-state index is 12.9. The van der Waals surface area contributed by atoms with Crippen molar-refractivity contribution in [2.75, 3.05) is 20.1 Å². The Hall–Kier alpha value is -1.36. The minimum Gasteiger partial charge on any atom is -0.341 e. The van der Waals surface area contributed by atoms with E-state index in [-0.39, 0.29) is 11.3 Å². The van der Waals surface area contributed by atoms with Crippen LogP contribution in [-0.2, 0) is 18.4 Å². The van der Waals surface area contributed by atoms with Crippen molar-refractivity contribution in [2.45, 2.75) is 39.2 Å². The van der Waals surface area contributed by atoms with E-state index in [0.717, 1.165) is 44.3 Å². The highest BCUT2D eigenvalue weighted by atomic mass is 16.2. The largest absolute Gasteiger partial charge is 0.341 e. The zero-order valence-electron chi connectivity index (χ0n) is 12.9. The third-order valence-electron chi connectivity index (χ3n) is 4.18. The standard InChI is InChI=1S/C15H26N4O/c1-4-6-15(7-5-8-16-12-15)14(20)18(2)10-13-9-17-19(3)11-13/h9,11,16H,4-8,10,12H2,1-3H3. The molecule has 1 aromatic rings. The fourth-order valence-corrected chi connectivity index (χ4v) is 3.25. The quantitative estimate of drug-likeness (QED) is 0.889. The molecule has 0 bridgehead atoms. The molecule has 2 rings (SSSR count). The molecule has 1 fully saturated rings. The lowest BCUT2D eigenvalue weighted by molar-refractivity contribution is -0.143. The Labute approximate surface area is 121 Å². The summed E-state index contributed by atoms with van der Waals surface area (Å²) >= 11 is 0. The summed E-state index contributed by atoms with van der Waals surface area (Å²) in [4.78, 5) is 14.7. The number of carbonyl (C=O) groups is 1. The second kappa shape index (κ2) is 6.39. The van der Waals surface area contributed by atoms with Gasteiger partial charge in [-0.05, 0) is 25.8 Å². The number of piperidine rings is 1. The Morgan fingerprint density at radius 3 is 2.95 bits per heavy atom. The van der Waals surface area contributed by atoms with Crippen LogP contribution in [-0.4, -0.2) is 40.7 Å². The van der Waals surface area contributed by atoms with Crippen LogP contribution in [0, 0.1) is 5.41 Å². The topological polar surface area (TPSA) is 50.2 Å². The van der Waals surface area contributed by atoms with Gasteiger partial charge in [-0.25, -0.2) is 0 Å². The zero-order chi connectivity index (χ0) is 14.6. The summed E-state index contributed by atoms with van der Waals surface area (Å²) in [6.07, 6.45) is 7.91. The molecule has 1 saturated heterocycles. The monoisotopic (exact) mass is 278 g/mol. The number of aryl methyl sites for hydroxylation is 1. The predicted molar refractivity (Wildman–Crippen MR) is 79.1 cm³/mol. The molecule has 2 heterocycles. The lowest BCUT2D eigenvalue weighted by Crippen LogP contribution is -2.50. The van der Waals surface area contributed by atoms with Gasteiger partial charge in [0, 0.05) is 38.9 Å². The summed E-state index contributed by atoms with van der Waals surface area (Å²) < 4.78 is 1.78. The van der Waals surface area contributed by atoms with Crippen LogP contribution in [0.25, 0.3) is 0 Å². The summed E-state index contributed by atoms with van der Waals surface area (Å²) in [5.41, 5.74) is 0.878. The number of nitrogens with one attached hydrogen (secondary N) is 1. The molecule has 0 radical (unpaired) electrons. The van der Waals surface area contributed by atoms with Gasteiger partial charge in [-0.15, -0.1) is 0 Å². The first kappa shape index (κ1) is 15.0. The van der Waals surface area contributed by atoms with Gasteiger partial charge in [-0.3, -0.25) is 9.48 Å². The molecule has 5 nitrogen and oxygen atoms in total. The van der Waals surface area contributed by atoms with Gasteiger partial charge in [0.1, 0.15) is 0 Å². The van der Waals surface area contributed by atoms with Crippen molar-refractivity contribution in [1.82, 2.24) is 20.0 Å². The van der Waals surface area contributed by atoms with E-state index in [1.54, 1.807) is 4.68 Å². The van der Waals surface area contributed by atoms with Crippen molar-refractivity contribution in [3.8, 4) is 0 Å². The maximum atomic E-state index is 12.9. The van der Waals surface area contributed by atoms with Crippen molar-refractivity contribution in [2.24, 2.45) is 12.5 Å². The van der Waals surface area contributed by atoms with Crippen molar-refractivity contribution < 1.29 is 4.79 Å². The van der Waals surface area contributed by atoms with E-state index in [9.17, 15) is 4.79 Å². The second-order valence-electron chi connectivity index (χ2n) is 5.99. The predicted octanol–water partition coefficient (Wildman–Crippen LogP) is 1.55. The van der Waals surface area contributed by atoms with Gasteiger partial charge >= 0.3 is 0 Å². The van der Waals surface area contributed by atoms with Gasteiger partial charge in [0.25, 0.3) is 0 Å². The highest BCUT2D eigenvalue weighted by Crippen LogP contribution is 2.33. The smallest absolute Gasteiger partial charge is 0.230 e. The van der Waals surface area contributed by atoms with Crippen molar-refractivity contribution in [1.29, 1.82) is 0 Å². The molecule has 1 aliphatic rings. The number of amides is 1. The molecular formula is C15H26N4O. The molecule has 0 saturated carbocycles. The summed E-state index contributed by atoms with van der Waals surface area (Å²) in [5.74, 6) is 0.274. The Bertz CT molecular complexity index is 443. The summed E-state index contributed by atoms with van der Waals surface area (Å²) in [5, 5.41) is 7.56. The van der Waals surface area contributed by atoms with Crippen LogP contribution >= 0.6 is 0 Å². The van der Waals surface area contributed by atoms with E-state index in [1.807, 2.05) is 31.4 Å². The zero-order valence-corrected chi connectivity index (χ0v) is 12.9. The van der Waals surface area contributed by atoms with Gasteiger partial charge in [-0.2, -0.15) is 5.10 Å². The molecule has 20 heavy (non-hydrogen) atoms. The van der Waals surface area contributed by atoms with E-state index in [0.29, 0.717) is 6.54 Å². The maximum Gasteiger partial charge on any atom is 0.230 e. The first-order chi connectivity index (χ1) is 9.57. The summed E-state index contributed by atoms with van der Waals surface area (Å²) in [6, 6.07) is 0. The second-order valence-corrected chi connectivity index (χ2v) is 5.99. The molecule has 5 heteroatoms. The van der Waals surface area contributed by atoms with Crippen LogP contribution < -0.4 is 5.32 Å². The van der Waals surface area contributed by atoms with Crippen molar-refractivity contribution >= 4 is 5.91 Å². The highest BCUT2D eigenvalue weighted by molar-refractivity contribution is 5.83. The van der Waals surface area contributed by atoms with Crippen molar-refractivity contribution in [3.05, 3.63) is 18.0 Å². The molecule has 1 atom stereocenters. The van der Waals surface area contributed by atoms with E-state index >= 15 is 0 Å². The van der Waals surface area contributed by atoms with Gasteiger partial charge < -0.3 is 10.2 Å². The first-order valence-electron chi connectivity index (χ1n) is 7.51. The lowest BCUT2D eigenvalue weighted by atomic mass is 9.75. The number of nitrogens with zero attached hydrogens (tertiary/aromatic N) is 3. The van der Waals surface area contributed by atoms with Crippen LogP contribution in [0.15, 0.2) is 12.4 Å². The van der Waals surface area contributed by atoms with Crippen LogP contribution in [0.1, 0.15) is 38.2 Å². The normalized spacial score (nSPS) is 22.8.